The molecule has 0 N–H and O–H groups in total. The molecule has 0 aromatic carbocycles. The number of hydrogen-bond donors (Lipinski definition) is 0. The first kappa shape index (κ1) is 15.2. The van der Waals surface area contributed by atoms with Crippen molar-refractivity contribution in [1.82, 2.24) is 14.9 Å². The summed E-state index contributed by atoms with van der Waals surface area (Å²) in [5.41, 5.74) is 0.376. The minimum atomic E-state index is 0.230. The summed E-state index contributed by atoms with van der Waals surface area (Å²) in [7, 11) is 1.96. The topological polar surface area (TPSA) is 49.3 Å². The van der Waals surface area contributed by atoms with Crippen LogP contribution in [0, 0.1) is 6.92 Å². The van der Waals surface area contributed by atoms with Crippen molar-refractivity contribution in [2.75, 3.05) is 31.6 Å². The van der Waals surface area contributed by atoms with Gasteiger partial charge in [-0.05, 0) is 32.9 Å². The molecule has 1 fully saturated rings. The van der Waals surface area contributed by atoms with Crippen molar-refractivity contribution in [3.05, 3.63) is 16.5 Å². The van der Waals surface area contributed by atoms with Gasteiger partial charge in [0.15, 0.2) is 6.29 Å². The monoisotopic (exact) mass is 296 g/mol. The van der Waals surface area contributed by atoms with E-state index in [0.29, 0.717) is 23.2 Å². The molecule has 1 aromatic heterocycles. The molecule has 110 valence electrons. The van der Waals surface area contributed by atoms with Gasteiger partial charge in [0.05, 0.1) is 5.56 Å². The fourth-order valence-corrected chi connectivity index (χ4v) is 3.10. The van der Waals surface area contributed by atoms with E-state index in [2.05, 4.69) is 21.8 Å². The van der Waals surface area contributed by atoms with E-state index in [0.717, 1.165) is 25.9 Å². The molecule has 20 heavy (non-hydrogen) atoms. The second-order valence-corrected chi connectivity index (χ2v) is 5.58. The lowest BCUT2D eigenvalue weighted by Gasteiger charge is -2.29. The van der Waals surface area contributed by atoms with Crippen molar-refractivity contribution in [3.8, 4) is 0 Å². The van der Waals surface area contributed by atoms with Crippen molar-refractivity contribution in [2.24, 2.45) is 0 Å². The zero-order valence-corrected chi connectivity index (χ0v) is 13.0. The second-order valence-electron chi connectivity index (χ2n) is 5.22. The third kappa shape index (κ3) is 3.10. The molecule has 5 nitrogen and oxygen atoms in total. The lowest BCUT2D eigenvalue weighted by Crippen LogP contribution is -2.39. The van der Waals surface area contributed by atoms with E-state index in [1.54, 1.807) is 6.92 Å². The fraction of sp³-hybridized carbons (Fsp3) is 0.643. The number of likely N-dealkylation sites (tertiary alicyclic amines) is 1. The molecule has 0 bridgehead atoms. The van der Waals surface area contributed by atoms with Crippen LogP contribution in [0.3, 0.4) is 0 Å². The molecule has 2 heterocycles. The summed E-state index contributed by atoms with van der Waals surface area (Å²) in [5, 5.41) is 0.230. The minimum Gasteiger partial charge on any atom is -0.357 e. The Balaban J connectivity index is 2.20. The molecular formula is C14H21ClN4O. The van der Waals surface area contributed by atoms with Crippen LogP contribution in [-0.2, 0) is 0 Å². The van der Waals surface area contributed by atoms with Crippen LogP contribution in [0.15, 0.2) is 0 Å². The van der Waals surface area contributed by atoms with Crippen LogP contribution in [-0.4, -0.2) is 53.9 Å². The standard InChI is InChI=1S/C14H21ClN4O/c1-4-19-7-5-6-11(19)8-18(3)14-12(9-20)13(15)16-10(2)17-14/h9,11H,4-8H2,1-3H3. The molecule has 0 radical (unpaired) electrons. The average molecular weight is 297 g/mol. The molecule has 1 saturated heterocycles. The van der Waals surface area contributed by atoms with E-state index in [9.17, 15) is 4.79 Å². The Kier molecular flexibility index (Phi) is 4.94. The molecule has 0 saturated carbocycles. The molecule has 1 aliphatic heterocycles. The van der Waals surface area contributed by atoms with Crippen LogP contribution in [0.2, 0.25) is 5.15 Å². The van der Waals surface area contributed by atoms with Gasteiger partial charge in [-0.25, -0.2) is 9.97 Å². The first-order valence-corrected chi connectivity index (χ1v) is 7.39. The Morgan fingerprint density at radius 1 is 1.50 bits per heavy atom. The number of rotatable bonds is 5. The number of carbonyl (C=O) groups excluding carboxylic acids is 1. The zero-order chi connectivity index (χ0) is 14.7. The van der Waals surface area contributed by atoms with E-state index < -0.39 is 0 Å². The van der Waals surface area contributed by atoms with Crippen molar-refractivity contribution >= 4 is 23.7 Å². The number of likely N-dealkylation sites (N-methyl/N-ethyl adjacent to an activating group) is 2. The number of aryl methyl sites for hydroxylation is 1. The van der Waals surface area contributed by atoms with Gasteiger partial charge < -0.3 is 4.90 Å². The van der Waals surface area contributed by atoms with Crippen molar-refractivity contribution in [1.29, 1.82) is 0 Å². The van der Waals surface area contributed by atoms with Crippen LogP contribution in [0.25, 0.3) is 0 Å². The average Bonchev–Trinajstić information content (AvgIpc) is 2.85. The van der Waals surface area contributed by atoms with Crippen molar-refractivity contribution in [3.63, 3.8) is 0 Å². The molecule has 1 atom stereocenters. The van der Waals surface area contributed by atoms with E-state index in [1.165, 1.54) is 12.8 Å². The Morgan fingerprint density at radius 2 is 2.25 bits per heavy atom. The predicted octanol–water partition coefficient (Wildman–Crippen LogP) is 2.17. The quantitative estimate of drug-likeness (QED) is 0.616. The smallest absolute Gasteiger partial charge is 0.156 e. The highest BCUT2D eigenvalue weighted by Gasteiger charge is 2.25. The summed E-state index contributed by atoms with van der Waals surface area (Å²) in [6.45, 7) is 7.02. The molecule has 0 spiro atoms. The summed E-state index contributed by atoms with van der Waals surface area (Å²) in [5.74, 6) is 1.21. The van der Waals surface area contributed by atoms with Gasteiger partial charge in [0.25, 0.3) is 0 Å². The third-order valence-electron chi connectivity index (χ3n) is 3.86. The van der Waals surface area contributed by atoms with Gasteiger partial charge in [0.2, 0.25) is 0 Å². The van der Waals surface area contributed by atoms with Gasteiger partial charge >= 0.3 is 0 Å². The summed E-state index contributed by atoms with van der Waals surface area (Å²) in [6.07, 6.45) is 3.16. The zero-order valence-electron chi connectivity index (χ0n) is 12.3. The predicted molar refractivity (Wildman–Crippen MR) is 80.7 cm³/mol. The number of carbonyl (C=O) groups is 1. The van der Waals surface area contributed by atoms with Gasteiger partial charge in [0.1, 0.15) is 16.8 Å². The molecule has 6 heteroatoms. The van der Waals surface area contributed by atoms with Crippen LogP contribution in [0.4, 0.5) is 5.82 Å². The molecule has 0 amide bonds. The maximum Gasteiger partial charge on any atom is 0.156 e. The first-order valence-electron chi connectivity index (χ1n) is 7.01. The largest absolute Gasteiger partial charge is 0.357 e. The van der Waals surface area contributed by atoms with Crippen LogP contribution in [0.1, 0.15) is 35.9 Å². The molecule has 0 aliphatic carbocycles. The Morgan fingerprint density at radius 3 is 2.90 bits per heavy atom. The minimum absolute atomic E-state index is 0.230. The molecule has 1 unspecified atom stereocenters. The van der Waals surface area contributed by atoms with Gasteiger partial charge in [-0.3, -0.25) is 9.69 Å². The Labute approximate surface area is 124 Å². The highest BCUT2D eigenvalue weighted by Crippen LogP contribution is 2.24. The third-order valence-corrected chi connectivity index (χ3v) is 4.15. The van der Waals surface area contributed by atoms with Gasteiger partial charge in [-0.15, -0.1) is 0 Å². The number of anilines is 1. The summed E-state index contributed by atoms with van der Waals surface area (Å²) >= 11 is 6.03. The van der Waals surface area contributed by atoms with Crippen LogP contribution < -0.4 is 4.90 Å². The highest BCUT2D eigenvalue weighted by atomic mass is 35.5. The Hall–Kier alpha value is -1.20. The normalized spacial score (nSPS) is 19.3. The van der Waals surface area contributed by atoms with Gasteiger partial charge in [-0.2, -0.15) is 0 Å². The molecular weight excluding hydrogens is 276 g/mol. The maximum atomic E-state index is 11.2. The summed E-state index contributed by atoms with van der Waals surface area (Å²) < 4.78 is 0. The van der Waals surface area contributed by atoms with Gasteiger partial charge in [-0.1, -0.05) is 18.5 Å². The van der Waals surface area contributed by atoms with E-state index >= 15 is 0 Å². The highest BCUT2D eigenvalue weighted by molar-refractivity contribution is 6.32. The number of hydrogen-bond acceptors (Lipinski definition) is 5. The number of halogens is 1. The maximum absolute atomic E-state index is 11.2. The number of aromatic nitrogens is 2. The van der Waals surface area contributed by atoms with E-state index in [-0.39, 0.29) is 5.15 Å². The lowest BCUT2D eigenvalue weighted by molar-refractivity contribution is 0.112. The summed E-state index contributed by atoms with van der Waals surface area (Å²) in [4.78, 5) is 24.1. The van der Waals surface area contributed by atoms with Gasteiger partial charge in [0, 0.05) is 19.6 Å². The van der Waals surface area contributed by atoms with Crippen molar-refractivity contribution in [2.45, 2.75) is 32.7 Å². The van der Waals surface area contributed by atoms with Crippen LogP contribution in [0.5, 0.6) is 0 Å². The molecule has 1 aromatic rings. The van der Waals surface area contributed by atoms with E-state index in [1.807, 2.05) is 11.9 Å². The number of aldehydes is 1. The lowest BCUT2D eigenvalue weighted by atomic mass is 10.2. The first-order chi connectivity index (χ1) is 9.56. The molecule has 1 aliphatic rings. The van der Waals surface area contributed by atoms with Crippen molar-refractivity contribution < 1.29 is 4.79 Å². The second kappa shape index (κ2) is 6.50. The SMILES string of the molecule is CCN1CCCC1CN(C)c1nc(C)nc(Cl)c1C=O. The Bertz CT molecular complexity index is 494. The summed E-state index contributed by atoms with van der Waals surface area (Å²) in [6, 6.07) is 0.513. The number of nitrogens with zero attached hydrogens (tertiary/aromatic N) is 4. The van der Waals surface area contributed by atoms with Crippen LogP contribution >= 0.6 is 11.6 Å². The molecule has 2 rings (SSSR count). The fourth-order valence-electron chi connectivity index (χ4n) is 2.85. The van der Waals surface area contributed by atoms with E-state index in [4.69, 9.17) is 11.6 Å².